The van der Waals surface area contributed by atoms with Gasteiger partial charge in [-0.25, -0.2) is 0 Å². The Morgan fingerprint density at radius 2 is 2.32 bits per heavy atom. The first kappa shape index (κ1) is 16.3. The number of hydrogen-bond donors (Lipinski definition) is 1. The smallest absolute Gasteiger partial charge is 0.230 e. The third kappa shape index (κ3) is 8.14. The summed E-state index contributed by atoms with van der Waals surface area (Å²) in [4.78, 5) is 11.5. The molecule has 0 spiro atoms. The van der Waals surface area contributed by atoms with Crippen molar-refractivity contribution in [2.24, 2.45) is 0 Å². The minimum Gasteiger partial charge on any atom is -0.382 e. The second-order valence-corrected chi connectivity index (χ2v) is 5.45. The Morgan fingerprint density at radius 3 is 3.05 bits per heavy atom. The van der Waals surface area contributed by atoms with E-state index in [1.165, 1.54) is 0 Å². The lowest BCUT2D eigenvalue weighted by Crippen LogP contribution is -2.26. The molecule has 0 aliphatic rings. The maximum absolute atomic E-state index is 11.5. The average molecular weight is 302 g/mol. The first-order valence-corrected chi connectivity index (χ1v) is 7.92. The van der Waals surface area contributed by atoms with Gasteiger partial charge in [-0.2, -0.15) is 0 Å². The highest BCUT2D eigenvalue weighted by atomic mass is 35.5. The summed E-state index contributed by atoms with van der Waals surface area (Å²) in [6, 6.07) is 7.71. The Labute approximate surface area is 124 Å². The van der Waals surface area contributed by atoms with E-state index in [0.29, 0.717) is 18.9 Å². The Hall–Kier alpha value is -0.710. The van der Waals surface area contributed by atoms with Crippen LogP contribution in [0.5, 0.6) is 0 Å². The molecule has 1 rings (SSSR count). The molecule has 0 saturated heterocycles. The molecule has 0 aliphatic heterocycles. The molecule has 0 fully saturated rings. The number of nitrogens with one attached hydrogen (secondary N) is 1. The van der Waals surface area contributed by atoms with Crippen molar-refractivity contribution in [2.45, 2.75) is 19.1 Å². The van der Waals surface area contributed by atoms with Crippen molar-refractivity contribution in [2.75, 3.05) is 25.5 Å². The van der Waals surface area contributed by atoms with E-state index in [1.54, 1.807) is 11.8 Å². The Morgan fingerprint density at radius 1 is 1.47 bits per heavy atom. The number of carbonyl (C=O) groups is 1. The van der Waals surface area contributed by atoms with Crippen LogP contribution in [0.2, 0.25) is 5.02 Å². The number of hydrogen-bond acceptors (Lipinski definition) is 3. The van der Waals surface area contributed by atoms with Crippen LogP contribution in [0.3, 0.4) is 0 Å². The van der Waals surface area contributed by atoms with Gasteiger partial charge in [-0.05, 0) is 31.0 Å². The van der Waals surface area contributed by atoms with Crippen LogP contribution in [0.25, 0.3) is 0 Å². The van der Waals surface area contributed by atoms with Crippen LogP contribution in [0, 0.1) is 0 Å². The van der Waals surface area contributed by atoms with Gasteiger partial charge in [-0.3, -0.25) is 4.79 Å². The molecule has 1 amide bonds. The van der Waals surface area contributed by atoms with Gasteiger partial charge in [-0.1, -0.05) is 23.7 Å². The van der Waals surface area contributed by atoms with E-state index >= 15 is 0 Å². The highest BCUT2D eigenvalue weighted by Gasteiger charge is 2.01. The lowest BCUT2D eigenvalue weighted by Gasteiger charge is -2.05. The number of rotatable bonds is 9. The summed E-state index contributed by atoms with van der Waals surface area (Å²) in [7, 11) is 0. The molecule has 0 bridgehead atoms. The normalized spacial score (nSPS) is 10.4. The molecule has 3 nitrogen and oxygen atoms in total. The number of ether oxygens (including phenoxy) is 1. The van der Waals surface area contributed by atoms with Crippen molar-refractivity contribution in [3.8, 4) is 0 Å². The van der Waals surface area contributed by atoms with Gasteiger partial charge in [0.25, 0.3) is 0 Å². The van der Waals surface area contributed by atoms with Crippen molar-refractivity contribution < 1.29 is 9.53 Å². The average Bonchev–Trinajstić information content (AvgIpc) is 2.38. The molecule has 0 radical (unpaired) electrons. The van der Waals surface area contributed by atoms with Gasteiger partial charge in [0.2, 0.25) is 5.91 Å². The second kappa shape index (κ2) is 10.1. The zero-order valence-corrected chi connectivity index (χ0v) is 12.7. The standard InChI is InChI=1S/C14H20ClNO2S/c1-2-18-8-4-7-16-14(17)11-19-10-12-5-3-6-13(15)9-12/h3,5-6,9H,2,4,7-8,10-11H2,1H3,(H,16,17). The zero-order valence-electron chi connectivity index (χ0n) is 11.2. The summed E-state index contributed by atoms with van der Waals surface area (Å²) in [5, 5.41) is 3.61. The van der Waals surface area contributed by atoms with Crippen molar-refractivity contribution >= 4 is 29.3 Å². The molecule has 5 heteroatoms. The van der Waals surface area contributed by atoms with Gasteiger partial charge < -0.3 is 10.1 Å². The summed E-state index contributed by atoms with van der Waals surface area (Å²) in [5.41, 5.74) is 1.14. The molecule has 106 valence electrons. The molecule has 0 saturated carbocycles. The molecule has 0 heterocycles. The van der Waals surface area contributed by atoms with Crippen LogP contribution in [0.1, 0.15) is 18.9 Å². The van der Waals surface area contributed by atoms with Crippen LogP contribution in [-0.2, 0) is 15.3 Å². The van der Waals surface area contributed by atoms with E-state index in [2.05, 4.69) is 5.32 Å². The van der Waals surface area contributed by atoms with E-state index in [9.17, 15) is 4.79 Å². The monoisotopic (exact) mass is 301 g/mol. The third-order valence-electron chi connectivity index (χ3n) is 2.38. The Kier molecular flexibility index (Phi) is 8.71. The molecular weight excluding hydrogens is 282 g/mol. The second-order valence-electron chi connectivity index (χ2n) is 4.02. The minimum absolute atomic E-state index is 0.0727. The summed E-state index contributed by atoms with van der Waals surface area (Å²) in [6.45, 7) is 4.07. The van der Waals surface area contributed by atoms with Crippen LogP contribution in [0.15, 0.2) is 24.3 Å². The fraction of sp³-hybridized carbons (Fsp3) is 0.500. The predicted molar refractivity (Wildman–Crippen MR) is 81.7 cm³/mol. The molecular formula is C14H20ClNO2S. The van der Waals surface area contributed by atoms with E-state index in [4.69, 9.17) is 16.3 Å². The largest absolute Gasteiger partial charge is 0.382 e. The van der Waals surface area contributed by atoms with E-state index < -0.39 is 0 Å². The van der Waals surface area contributed by atoms with Crippen molar-refractivity contribution in [1.29, 1.82) is 0 Å². The highest BCUT2D eigenvalue weighted by molar-refractivity contribution is 7.99. The predicted octanol–water partition coefficient (Wildman–Crippen LogP) is 3.12. The molecule has 0 aliphatic carbocycles. The minimum atomic E-state index is 0.0727. The summed E-state index contributed by atoms with van der Waals surface area (Å²) >= 11 is 7.49. The van der Waals surface area contributed by atoms with Gasteiger partial charge in [0.15, 0.2) is 0 Å². The summed E-state index contributed by atoms with van der Waals surface area (Å²) in [6.07, 6.45) is 0.860. The number of amides is 1. The topological polar surface area (TPSA) is 38.3 Å². The molecule has 19 heavy (non-hydrogen) atoms. The quantitative estimate of drug-likeness (QED) is 0.712. The SMILES string of the molecule is CCOCCCNC(=O)CSCc1cccc(Cl)c1. The van der Waals surface area contributed by atoms with Gasteiger partial charge in [-0.15, -0.1) is 11.8 Å². The molecule has 1 aromatic rings. The van der Waals surface area contributed by atoms with Crippen LogP contribution in [0.4, 0.5) is 0 Å². The van der Waals surface area contributed by atoms with Crippen LogP contribution >= 0.6 is 23.4 Å². The number of carbonyl (C=O) groups excluding carboxylic acids is 1. The molecule has 1 N–H and O–H groups in total. The van der Waals surface area contributed by atoms with Crippen LogP contribution in [-0.4, -0.2) is 31.4 Å². The Balaban J connectivity index is 2.07. The lowest BCUT2D eigenvalue weighted by atomic mass is 10.2. The maximum Gasteiger partial charge on any atom is 0.230 e. The van der Waals surface area contributed by atoms with E-state index in [-0.39, 0.29) is 5.91 Å². The molecule has 0 unspecified atom stereocenters. The van der Waals surface area contributed by atoms with Gasteiger partial charge in [0, 0.05) is 30.5 Å². The van der Waals surface area contributed by atoms with Gasteiger partial charge >= 0.3 is 0 Å². The molecule has 0 aromatic heterocycles. The van der Waals surface area contributed by atoms with Crippen molar-refractivity contribution in [3.63, 3.8) is 0 Å². The lowest BCUT2D eigenvalue weighted by molar-refractivity contribution is -0.118. The van der Waals surface area contributed by atoms with E-state index in [1.807, 2.05) is 31.2 Å². The molecule has 0 atom stereocenters. The molecule has 1 aromatic carbocycles. The number of halogens is 1. The van der Waals surface area contributed by atoms with Crippen molar-refractivity contribution in [1.82, 2.24) is 5.32 Å². The van der Waals surface area contributed by atoms with Gasteiger partial charge in [0.05, 0.1) is 5.75 Å². The van der Waals surface area contributed by atoms with Crippen molar-refractivity contribution in [3.05, 3.63) is 34.9 Å². The first-order valence-electron chi connectivity index (χ1n) is 6.39. The van der Waals surface area contributed by atoms with E-state index in [0.717, 1.165) is 29.4 Å². The maximum atomic E-state index is 11.5. The number of thioether (sulfide) groups is 1. The van der Waals surface area contributed by atoms with Crippen LogP contribution < -0.4 is 5.32 Å². The Bertz CT molecular complexity index is 387. The third-order valence-corrected chi connectivity index (χ3v) is 3.62. The fourth-order valence-electron chi connectivity index (χ4n) is 1.49. The first-order chi connectivity index (χ1) is 9.22. The number of benzene rings is 1. The summed E-state index contributed by atoms with van der Waals surface area (Å²) in [5.74, 6) is 1.34. The zero-order chi connectivity index (χ0) is 13.9. The highest BCUT2D eigenvalue weighted by Crippen LogP contribution is 2.16. The van der Waals surface area contributed by atoms with Gasteiger partial charge in [0.1, 0.15) is 0 Å². The fourth-order valence-corrected chi connectivity index (χ4v) is 2.50. The summed E-state index contributed by atoms with van der Waals surface area (Å²) < 4.78 is 5.20.